The van der Waals surface area contributed by atoms with E-state index in [1.54, 1.807) is 4.90 Å². The summed E-state index contributed by atoms with van der Waals surface area (Å²) in [5.74, 6) is -0.335. The monoisotopic (exact) mass is 300 g/mol. The highest BCUT2D eigenvalue weighted by atomic mass is 16.5. The standard InChI is InChI=1S/C17H20N2O3/c1-22-17(21)14-3-2-8-19(11-14)16(20)10-12-4-5-13-6-7-18-15(13)9-12/h4-7,9,14,18H,2-3,8,10-11H2,1H3. The first-order valence-electron chi connectivity index (χ1n) is 7.59. The zero-order valence-electron chi connectivity index (χ0n) is 12.7. The van der Waals surface area contributed by atoms with Crippen LogP contribution in [0.4, 0.5) is 0 Å². The average molecular weight is 300 g/mol. The minimum atomic E-state index is -0.217. The molecule has 5 nitrogen and oxygen atoms in total. The molecule has 1 fully saturated rings. The number of amides is 1. The molecular weight excluding hydrogens is 280 g/mol. The van der Waals surface area contributed by atoms with Crippen LogP contribution in [0.15, 0.2) is 30.5 Å². The van der Waals surface area contributed by atoms with Crippen molar-refractivity contribution < 1.29 is 14.3 Å². The average Bonchev–Trinajstić information content (AvgIpc) is 3.02. The normalized spacial score (nSPS) is 18.4. The highest BCUT2D eigenvalue weighted by Crippen LogP contribution is 2.20. The molecule has 1 atom stereocenters. The summed E-state index contributed by atoms with van der Waals surface area (Å²) in [6, 6.07) is 8.01. The van der Waals surface area contributed by atoms with E-state index in [0.29, 0.717) is 13.0 Å². The van der Waals surface area contributed by atoms with Crippen molar-refractivity contribution in [1.82, 2.24) is 9.88 Å². The van der Waals surface area contributed by atoms with Crippen molar-refractivity contribution in [3.63, 3.8) is 0 Å². The Morgan fingerprint density at radius 3 is 3.05 bits per heavy atom. The molecule has 0 bridgehead atoms. The summed E-state index contributed by atoms with van der Waals surface area (Å²) in [5.41, 5.74) is 2.02. The quantitative estimate of drug-likeness (QED) is 0.883. The Hall–Kier alpha value is -2.30. The van der Waals surface area contributed by atoms with Gasteiger partial charge >= 0.3 is 5.97 Å². The second kappa shape index (κ2) is 6.22. The van der Waals surface area contributed by atoms with Gasteiger partial charge in [-0.15, -0.1) is 0 Å². The molecule has 0 saturated carbocycles. The lowest BCUT2D eigenvalue weighted by atomic mass is 9.97. The van der Waals surface area contributed by atoms with Crippen molar-refractivity contribution in [3.05, 3.63) is 36.0 Å². The second-order valence-electron chi connectivity index (χ2n) is 5.78. The van der Waals surface area contributed by atoms with E-state index in [2.05, 4.69) is 4.98 Å². The van der Waals surface area contributed by atoms with Crippen LogP contribution in [0.2, 0.25) is 0 Å². The lowest BCUT2D eigenvalue weighted by Gasteiger charge is -2.31. The number of methoxy groups -OCH3 is 1. The number of H-pyrrole nitrogens is 1. The number of aromatic nitrogens is 1. The number of esters is 1. The molecule has 116 valence electrons. The number of likely N-dealkylation sites (tertiary alicyclic amines) is 1. The van der Waals surface area contributed by atoms with Crippen LogP contribution in [-0.2, 0) is 20.7 Å². The fourth-order valence-corrected chi connectivity index (χ4v) is 3.05. The van der Waals surface area contributed by atoms with E-state index in [1.165, 1.54) is 7.11 Å². The van der Waals surface area contributed by atoms with Crippen LogP contribution in [0.3, 0.4) is 0 Å². The molecule has 0 aliphatic carbocycles. The van der Waals surface area contributed by atoms with Crippen LogP contribution in [0.25, 0.3) is 10.9 Å². The van der Waals surface area contributed by atoms with E-state index >= 15 is 0 Å². The number of carbonyl (C=O) groups excluding carboxylic acids is 2. The van der Waals surface area contributed by atoms with Gasteiger partial charge in [0.25, 0.3) is 0 Å². The van der Waals surface area contributed by atoms with Crippen molar-refractivity contribution in [3.8, 4) is 0 Å². The fraction of sp³-hybridized carbons (Fsp3) is 0.412. The van der Waals surface area contributed by atoms with Gasteiger partial charge in [0.05, 0.1) is 19.4 Å². The Labute approximate surface area is 129 Å². The molecule has 1 N–H and O–H groups in total. The zero-order chi connectivity index (χ0) is 15.5. The third-order valence-corrected chi connectivity index (χ3v) is 4.28. The summed E-state index contributed by atoms with van der Waals surface area (Å²) in [5, 5.41) is 1.14. The summed E-state index contributed by atoms with van der Waals surface area (Å²) in [4.78, 5) is 29.0. The van der Waals surface area contributed by atoms with Crippen molar-refractivity contribution in [2.45, 2.75) is 19.3 Å². The number of hydrogen-bond donors (Lipinski definition) is 1. The number of fused-ring (bicyclic) bond motifs is 1. The van der Waals surface area contributed by atoms with Gasteiger partial charge < -0.3 is 14.6 Å². The highest BCUT2D eigenvalue weighted by Gasteiger charge is 2.28. The maximum absolute atomic E-state index is 12.5. The molecule has 3 rings (SSSR count). The van der Waals surface area contributed by atoms with Gasteiger partial charge in [-0.3, -0.25) is 9.59 Å². The molecule has 2 aromatic rings. The van der Waals surface area contributed by atoms with E-state index in [9.17, 15) is 9.59 Å². The smallest absolute Gasteiger partial charge is 0.310 e. The summed E-state index contributed by atoms with van der Waals surface area (Å²) >= 11 is 0. The molecule has 0 spiro atoms. The van der Waals surface area contributed by atoms with E-state index < -0.39 is 0 Å². The first kappa shape index (κ1) is 14.6. The summed E-state index contributed by atoms with van der Waals surface area (Å²) < 4.78 is 4.79. The number of nitrogens with one attached hydrogen (secondary N) is 1. The van der Waals surface area contributed by atoms with E-state index in [-0.39, 0.29) is 17.8 Å². The Kier molecular flexibility index (Phi) is 4.13. The molecule has 22 heavy (non-hydrogen) atoms. The molecule has 1 amide bonds. The Bertz CT molecular complexity index is 692. The highest BCUT2D eigenvalue weighted by molar-refractivity contribution is 5.84. The van der Waals surface area contributed by atoms with E-state index in [1.807, 2.05) is 30.5 Å². The molecule has 5 heteroatoms. The summed E-state index contributed by atoms with van der Waals surface area (Å²) in [6.07, 6.45) is 3.90. The molecule has 1 aromatic carbocycles. The van der Waals surface area contributed by atoms with Crippen LogP contribution in [-0.4, -0.2) is 42.0 Å². The minimum absolute atomic E-state index is 0.0690. The van der Waals surface area contributed by atoms with Gasteiger partial charge in [-0.25, -0.2) is 0 Å². The number of rotatable bonds is 3. The van der Waals surface area contributed by atoms with Gasteiger partial charge in [0.15, 0.2) is 0 Å². The topological polar surface area (TPSA) is 62.4 Å². The molecule has 1 aliphatic heterocycles. The predicted molar refractivity (Wildman–Crippen MR) is 83.3 cm³/mol. The Morgan fingerprint density at radius 2 is 2.23 bits per heavy atom. The number of hydrogen-bond acceptors (Lipinski definition) is 3. The molecule has 0 radical (unpaired) electrons. The number of aromatic amines is 1. The Balaban J connectivity index is 1.66. The second-order valence-corrected chi connectivity index (χ2v) is 5.78. The van der Waals surface area contributed by atoms with Crippen LogP contribution in [0.1, 0.15) is 18.4 Å². The first-order chi connectivity index (χ1) is 10.7. The molecule has 1 saturated heterocycles. The van der Waals surface area contributed by atoms with Crippen LogP contribution >= 0.6 is 0 Å². The lowest BCUT2D eigenvalue weighted by molar-refractivity contribution is -0.148. The van der Waals surface area contributed by atoms with Crippen LogP contribution < -0.4 is 0 Å². The minimum Gasteiger partial charge on any atom is -0.469 e. The van der Waals surface area contributed by atoms with Crippen molar-refractivity contribution in [2.75, 3.05) is 20.2 Å². The largest absolute Gasteiger partial charge is 0.469 e. The number of piperidine rings is 1. The first-order valence-corrected chi connectivity index (χ1v) is 7.59. The zero-order valence-corrected chi connectivity index (χ0v) is 12.7. The maximum atomic E-state index is 12.5. The SMILES string of the molecule is COC(=O)C1CCCN(C(=O)Cc2ccc3cc[nH]c3c2)C1. The lowest BCUT2D eigenvalue weighted by Crippen LogP contribution is -2.43. The molecule has 2 heterocycles. The summed E-state index contributed by atoms with van der Waals surface area (Å²) in [6.45, 7) is 1.19. The van der Waals surface area contributed by atoms with Crippen LogP contribution in [0.5, 0.6) is 0 Å². The number of nitrogens with zero attached hydrogens (tertiary/aromatic N) is 1. The van der Waals surface area contributed by atoms with Gasteiger partial charge in [-0.1, -0.05) is 12.1 Å². The van der Waals surface area contributed by atoms with Crippen molar-refractivity contribution in [1.29, 1.82) is 0 Å². The predicted octanol–water partition coefficient (Wildman–Crippen LogP) is 2.12. The number of ether oxygens (including phenoxy) is 1. The molecule has 1 unspecified atom stereocenters. The van der Waals surface area contributed by atoms with E-state index in [4.69, 9.17) is 4.74 Å². The molecular formula is C17H20N2O3. The Morgan fingerprint density at radius 1 is 1.36 bits per heavy atom. The maximum Gasteiger partial charge on any atom is 0.310 e. The van der Waals surface area contributed by atoms with E-state index in [0.717, 1.165) is 35.9 Å². The van der Waals surface area contributed by atoms with Gasteiger partial charge in [0.2, 0.25) is 5.91 Å². The van der Waals surface area contributed by atoms with Gasteiger partial charge in [-0.2, -0.15) is 0 Å². The third kappa shape index (κ3) is 2.98. The summed E-state index contributed by atoms with van der Waals surface area (Å²) in [7, 11) is 1.40. The third-order valence-electron chi connectivity index (χ3n) is 4.28. The van der Waals surface area contributed by atoms with Gasteiger partial charge in [0.1, 0.15) is 0 Å². The van der Waals surface area contributed by atoms with Crippen LogP contribution in [0, 0.1) is 5.92 Å². The number of carbonyl (C=O) groups is 2. The number of benzene rings is 1. The molecule has 1 aromatic heterocycles. The van der Waals surface area contributed by atoms with Crippen molar-refractivity contribution >= 4 is 22.8 Å². The van der Waals surface area contributed by atoms with Gasteiger partial charge in [0, 0.05) is 24.8 Å². The fourth-order valence-electron chi connectivity index (χ4n) is 3.05. The van der Waals surface area contributed by atoms with Gasteiger partial charge in [-0.05, 0) is 35.9 Å². The van der Waals surface area contributed by atoms with Crippen molar-refractivity contribution in [2.24, 2.45) is 5.92 Å². The molecule has 1 aliphatic rings.